The highest BCUT2D eigenvalue weighted by Gasteiger charge is 2.25. The van der Waals surface area contributed by atoms with Crippen LogP contribution < -0.4 is 0 Å². The summed E-state index contributed by atoms with van der Waals surface area (Å²) in [5.41, 5.74) is 3.70. The van der Waals surface area contributed by atoms with Gasteiger partial charge in [-0.05, 0) is 49.6 Å². The van der Waals surface area contributed by atoms with Crippen molar-refractivity contribution in [3.05, 3.63) is 59.7 Å². The van der Waals surface area contributed by atoms with Crippen LogP contribution in [-0.2, 0) is 6.54 Å². The predicted molar refractivity (Wildman–Crippen MR) is 75.6 cm³/mol. The van der Waals surface area contributed by atoms with Gasteiger partial charge in [0, 0.05) is 36.9 Å². The van der Waals surface area contributed by atoms with Gasteiger partial charge in [-0.2, -0.15) is 0 Å². The minimum absolute atomic E-state index is 0.509. The van der Waals surface area contributed by atoms with Crippen molar-refractivity contribution in [3.8, 4) is 0 Å². The standard InChI is InChI=1S/C16H19N3/c1-13-6-7-14(10-18-13)12-19-9-3-5-16(19)15-4-2-8-17-11-15/h2,4,6-8,10-11,16H,3,5,9,12H2,1H3. The molecule has 0 aromatic carbocycles. The van der Waals surface area contributed by atoms with Crippen LogP contribution in [0.5, 0.6) is 0 Å². The van der Waals surface area contributed by atoms with E-state index in [2.05, 4.69) is 33.1 Å². The quantitative estimate of drug-likeness (QED) is 0.841. The van der Waals surface area contributed by atoms with Gasteiger partial charge in [-0.15, -0.1) is 0 Å². The van der Waals surface area contributed by atoms with Crippen LogP contribution in [0.25, 0.3) is 0 Å². The molecule has 0 radical (unpaired) electrons. The lowest BCUT2D eigenvalue weighted by atomic mass is 10.1. The van der Waals surface area contributed by atoms with Crippen LogP contribution in [0.1, 0.15) is 35.7 Å². The Labute approximate surface area is 114 Å². The minimum Gasteiger partial charge on any atom is -0.292 e. The molecule has 0 saturated carbocycles. The monoisotopic (exact) mass is 253 g/mol. The fourth-order valence-corrected chi connectivity index (χ4v) is 2.79. The molecule has 1 saturated heterocycles. The van der Waals surface area contributed by atoms with Crippen molar-refractivity contribution >= 4 is 0 Å². The minimum atomic E-state index is 0.509. The molecule has 2 aromatic heterocycles. The van der Waals surface area contributed by atoms with E-state index in [1.54, 1.807) is 0 Å². The lowest BCUT2D eigenvalue weighted by Gasteiger charge is -2.24. The molecule has 3 rings (SSSR count). The van der Waals surface area contributed by atoms with Crippen molar-refractivity contribution in [2.75, 3.05) is 6.54 Å². The second-order valence-corrected chi connectivity index (χ2v) is 5.22. The Balaban J connectivity index is 1.75. The number of pyridine rings is 2. The SMILES string of the molecule is Cc1ccc(CN2CCCC2c2cccnc2)cn1. The van der Waals surface area contributed by atoms with Gasteiger partial charge in [-0.25, -0.2) is 0 Å². The lowest BCUT2D eigenvalue weighted by Crippen LogP contribution is -2.22. The molecule has 0 amide bonds. The molecule has 3 heteroatoms. The molecule has 3 heterocycles. The third-order valence-corrected chi connectivity index (χ3v) is 3.79. The van der Waals surface area contributed by atoms with Crippen molar-refractivity contribution in [1.82, 2.24) is 14.9 Å². The van der Waals surface area contributed by atoms with Crippen LogP contribution in [0.3, 0.4) is 0 Å². The van der Waals surface area contributed by atoms with Crippen LogP contribution in [0.4, 0.5) is 0 Å². The van der Waals surface area contributed by atoms with Gasteiger partial charge in [0.2, 0.25) is 0 Å². The summed E-state index contributed by atoms with van der Waals surface area (Å²) in [4.78, 5) is 11.2. The molecular formula is C16H19N3. The second kappa shape index (κ2) is 5.49. The van der Waals surface area contributed by atoms with Crippen LogP contribution >= 0.6 is 0 Å². The Kier molecular flexibility index (Phi) is 3.56. The summed E-state index contributed by atoms with van der Waals surface area (Å²) in [6.07, 6.45) is 8.32. The molecule has 1 atom stereocenters. The smallest absolute Gasteiger partial charge is 0.0372 e. The lowest BCUT2D eigenvalue weighted by molar-refractivity contribution is 0.248. The Morgan fingerprint density at radius 3 is 2.95 bits per heavy atom. The van der Waals surface area contributed by atoms with Crippen molar-refractivity contribution in [1.29, 1.82) is 0 Å². The van der Waals surface area contributed by atoms with Gasteiger partial charge in [-0.1, -0.05) is 12.1 Å². The first kappa shape index (κ1) is 12.3. The molecule has 1 unspecified atom stereocenters. The van der Waals surface area contributed by atoms with Crippen LogP contribution in [-0.4, -0.2) is 21.4 Å². The summed E-state index contributed by atoms with van der Waals surface area (Å²) in [6, 6.07) is 8.99. The molecule has 3 nitrogen and oxygen atoms in total. The summed E-state index contributed by atoms with van der Waals surface area (Å²) in [5.74, 6) is 0. The zero-order chi connectivity index (χ0) is 13.1. The molecule has 0 N–H and O–H groups in total. The third kappa shape index (κ3) is 2.82. The van der Waals surface area contributed by atoms with E-state index < -0.39 is 0 Å². The molecule has 1 fully saturated rings. The number of hydrogen-bond acceptors (Lipinski definition) is 3. The number of nitrogens with zero attached hydrogens (tertiary/aromatic N) is 3. The molecular weight excluding hydrogens is 234 g/mol. The maximum Gasteiger partial charge on any atom is 0.0372 e. The predicted octanol–water partition coefficient (Wildman–Crippen LogP) is 3.12. The topological polar surface area (TPSA) is 29.0 Å². The molecule has 19 heavy (non-hydrogen) atoms. The Hall–Kier alpha value is -1.74. The van der Waals surface area contributed by atoms with Crippen LogP contribution in [0, 0.1) is 6.92 Å². The molecule has 0 spiro atoms. The number of aromatic nitrogens is 2. The van der Waals surface area contributed by atoms with E-state index >= 15 is 0 Å². The van der Waals surface area contributed by atoms with E-state index in [4.69, 9.17) is 0 Å². The van der Waals surface area contributed by atoms with Crippen LogP contribution in [0.2, 0.25) is 0 Å². The fraction of sp³-hybridized carbons (Fsp3) is 0.375. The van der Waals surface area contributed by atoms with Gasteiger partial charge >= 0.3 is 0 Å². The van der Waals surface area contributed by atoms with Gasteiger partial charge < -0.3 is 0 Å². The Morgan fingerprint density at radius 1 is 1.26 bits per heavy atom. The van der Waals surface area contributed by atoms with Crippen molar-refractivity contribution < 1.29 is 0 Å². The Bertz CT molecular complexity index is 521. The molecule has 98 valence electrons. The van der Waals surface area contributed by atoms with E-state index in [1.165, 1.54) is 24.0 Å². The highest BCUT2D eigenvalue weighted by Crippen LogP contribution is 2.32. The van der Waals surface area contributed by atoms with Gasteiger partial charge in [-0.3, -0.25) is 14.9 Å². The summed E-state index contributed by atoms with van der Waals surface area (Å²) in [7, 11) is 0. The fourth-order valence-electron chi connectivity index (χ4n) is 2.79. The average Bonchev–Trinajstić information content (AvgIpc) is 2.90. The molecule has 0 aliphatic carbocycles. The summed E-state index contributed by atoms with van der Waals surface area (Å²) < 4.78 is 0. The summed E-state index contributed by atoms with van der Waals surface area (Å²) in [5, 5.41) is 0. The molecule has 1 aliphatic rings. The van der Waals surface area contributed by atoms with Crippen LogP contribution in [0.15, 0.2) is 42.9 Å². The maximum atomic E-state index is 4.38. The first-order valence-electron chi connectivity index (χ1n) is 6.88. The van der Waals surface area contributed by atoms with Gasteiger partial charge in [0.05, 0.1) is 0 Å². The van der Waals surface area contributed by atoms with E-state index in [0.717, 1.165) is 18.8 Å². The molecule has 0 bridgehead atoms. The normalized spacial score (nSPS) is 19.7. The first-order chi connectivity index (χ1) is 9.33. The van der Waals surface area contributed by atoms with Gasteiger partial charge in [0.25, 0.3) is 0 Å². The Morgan fingerprint density at radius 2 is 2.21 bits per heavy atom. The van der Waals surface area contributed by atoms with Crippen molar-refractivity contribution in [3.63, 3.8) is 0 Å². The highest BCUT2D eigenvalue weighted by atomic mass is 15.2. The summed E-state index contributed by atoms with van der Waals surface area (Å²) in [6.45, 7) is 4.17. The second-order valence-electron chi connectivity index (χ2n) is 5.22. The summed E-state index contributed by atoms with van der Waals surface area (Å²) >= 11 is 0. The van der Waals surface area contributed by atoms with E-state index in [9.17, 15) is 0 Å². The number of likely N-dealkylation sites (tertiary alicyclic amines) is 1. The molecule has 2 aromatic rings. The first-order valence-corrected chi connectivity index (χ1v) is 6.88. The highest BCUT2D eigenvalue weighted by molar-refractivity contribution is 5.18. The van der Waals surface area contributed by atoms with E-state index in [1.807, 2.05) is 31.6 Å². The zero-order valence-electron chi connectivity index (χ0n) is 11.3. The third-order valence-electron chi connectivity index (χ3n) is 3.79. The average molecular weight is 253 g/mol. The largest absolute Gasteiger partial charge is 0.292 e. The molecule has 1 aliphatic heterocycles. The van der Waals surface area contributed by atoms with E-state index in [0.29, 0.717) is 6.04 Å². The zero-order valence-corrected chi connectivity index (χ0v) is 11.3. The van der Waals surface area contributed by atoms with Crippen molar-refractivity contribution in [2.24, 2.45) is 0 Å². The van der Waals surface area contributed by atoms with Gasteiger partial charge in [0.15, 0.2) is 0 Å². The van der Waals surface area contributed by atoms with Crippen molar-refractivity contribution in [2.45, 2.75) is 32.4 Å². The van der Waals surface area contributed by atoms with Gasteiger partial charge in [0.1, 0.15) is 0 Å². The maximum absolute atomic E-state index is 4.38. The number of hydrogen-bond donors (Lipinski definition) is 0. The number of aryl methyl sites for hydroxylation is 1. The number of rotatable bonds is 3. The van der Waals surface area contributed by atoms with E-state index in [-0.39, 0.29) is 0 Å².